The molecular weight excluding hydrogens is 356 g/mol. The number of nitro benzene ring substituents is 1. The van der Waals surface area contributed by atoms with E-state index in [0.29, 0.717) is 5.56 Å². The van der Waals surface area contributed by atoms with Gasteiger partial charge in [0.25, 0.3) is 5.69 Å². The summed E-state index contributed by atoms with van der Waals surface area (Å²) in [7, 11) is 3.20. The molecule has 3 rings (SSSR count). The minimum absolute atomic E-state index is 0.0123. The van der Waals surface area contributed by atoms with Crippen molar-refractivity contribution in [2.45, 2.75) is 6.42 Å². The fraction of sp³-hybridized carbons (Fsp3) is 0.136. The molecule has 1 N–H and O–H groups in total. The van der Waals surface area contributed by atoms with Gasteiger partial charge in [-0.3, -0.25) is 14.9 Å². The monoisotopic (exact) mass is 376 g/mol. The number of benzene rings is 3. The first-order valence-electron chi connectivity index (χ1n) is 8.74. The van der Waals surface area contributed by atoms with Crippen LogP contribution in [0, 0.1) is 10.1 Å². The van der Waals surface area contributed by atoms with Crippen LogP contribution in [0.3, 0.4) is 0 Å². The zero-order valence-corrected chi connectivity index (χ0v) is 15.6. The average molecular weight is 376 g/mol. The van der Waals surface area contributed by atoms with Crippen molar-refractivity contribution in [1.82, 2.24) is 5.32 Å². The number of nitro groups is 1. The van der Waals surface area contributed by atoms with Gasteiger partial charge in [-0.25, -0.2) is 0 Å². The van der Waals surface area contributed by atoms with Gasteiger partial charge in [0, 0.05) is 19.2 Å². The van der Waals surface area contributed by atoms with Crippen molar-refractivity contribution in [3.05, 3.63) is 82.4 Å². The normalized spacial score (nSPS) is 10.4. The van der Waals surface area contributed by atoms with Crippen molar-refractivity contribution in [3.63, 3.8) is 0 Å². The second kappa shape index (κ2) is 8.35. The quantitative estimate of drug-likeness (QED) is 0.516. The summed E-state index contributed by atoms with van der Waals surface area (Å²) < 4.78 is 5.20. The zero-order valence-electron chi connectivity index (χ0n) is 15.6. The Morgan fingerprint density at radius 2 is 1.71 bits per heavy atom. The number of ether oxygens (including phenoxy) is 1. The Morgan fingerprint density at radius 1 is 1.00 bits per heavy atom. The molecule has 28 heavy (non-hydrogen) atoms. The van der Waals surface area contributed by atoms with E-state index in [0.717, 1.165) is 28.0 Å². The fourth-order valence-corrected chi connectivity index (χ4v) is 3.01. The van der Waals surface area contributed by atoms with Crippen LogP contribution in [0.15, 0.2) is 66.7 Å². The van der Waals surface area contributed by atoms with Crippen LogP contribution in [-0.2, 0) is 11.2 Å². The lowest BCUT2D eigenvalue weighted by Gasteiger charge is -2.13. The van der Waals surface area contributed by atoms with Crippen molar-refractivity contribution in [3.8, 4) is 28.0 Å². The maximum Gasteiger partial charge on any atom is 0.270 e. The van der Waals surface area contributed by atoms with E-state index in [1.165, 1.54) is 12.1 Å². The van der Waals surface area contributed by atoms with Gasteiger partial charge in [-0.05, 0) is 46.0 Å². The molecule has 0 aliphatic carbocycles. The molecule has 0 spiro atoms. The number of amides is 1. The van der Waals surface area contributed by atoms with E-state index in [9.17, 15) is 14.9 Å². The van der Waals surface area contributed by atoms with Gasteiger partial charge in [0.15, 0.2) is 0 Å². The predicted octanol–water partition coefficient (Wildman–Crippen LogP) is 4.23. The largest absolute Gasteiger partial charge is 0.497 e. The smallest absolute Gasteiger partial charge is 0.270 e. The second-order valence-electron chi connectivity index (χ2n) is 6.26. The lowest BCUT2D eigenvalue weighted by molar-refractivity contribution is -0.384. The highest BCUT2D eigenvalue weighted by Gasteiger charge is 2.14. The highest BCUT2D eigenvalue weighted by Crippen LogP contribution is 2.32. The molecule has 142 valence electrons. The Labute approximate surface area is 162 Å². The molecule has 0 aliphatic rings. The number of likely N-dealkylation sites (N-methyl/N-ethyl adjacent to an activating group) is 1. The molecule has 0 radical (unpaired) electrons. The first-order valence-corrected chi connectivity index (χ1v) is 8.74. The first kappa shape index (κ1) is 19.1. The van der Waals surface area contributed by atoms with Gasteiger partial charge < -0.3 is 10.1 Å². The summed E-state index contributed by atoms with van der Waals surface area (Å²) in [5.74, 6) is 0.641. The van der Waals surface area contributed by atoms with Crippen molar-refractivity contribution in [2.24, 2.45) is 0 Å². The molecular formula is C22H20N2O4. The van der Waals surface area contributed by atoms with Crippen molar-refractivity contribution in [2.75, 3.05) is 14.2 Å². The molecule has 0 fully saturated rings. The van der Waals surface area contributed by atoms with E-state index in [-0.39, 0.29) is 18.0 Å². The summed E-state index contributed by atoms with van der Waals surface area (Å²) in [6.45, 7) is 0. The van der Waals surface area contributed by atoms with Gasteiger partial charge in [0.05, 0.1) is 18.5 Å². The minimum atomic E-state index is -0.421. The standard InChI is InChI=1S/C22H20N2O4/c1-23-22(25)14-18-7-6-16(15-8-10-20(28-2)11-9-15)13-21(18)17-4-3-5-19(12-17)24(26)27/h3-13H,14H2,1-2H3,(H,23,25). The Kier molecular flexibility index (Phi) is 5.69. The van der Waals surface area contributed by atoms with E-state index in [1.807, 2.05) is 48.5 Å². The van der Waals surface area contributed by atoms with Crippen LogP contribution in [0.1, 0.15) is 5.56 Å². The van der Waals surface area contributed by atoms with Gasteiger partial charge in [0.2, 0.25) is 5.91 Å². The Morgan fingerprint density at radius 3 is 2.36 bits per heavy atom. The van der Waals surface area contributed by atoms with Crippen molar-refractivity contribution in [1.29, 1.82) is 0 Å². The van der Waals surface area contributed by atoms with Gasteiger partial charge in [-0.2, -0.15) is 0 Å². The van der Waals surface area contributed by atoms with E-state index >= 15 is 0 Å². The molecule has 3 aromatic rings. The first-order chi connectivity index (χ1) is 13.5. The molecule has 0 saturated heterocycles. The molecule has 3 aromatic carbocycles. The molecule has 0 unspecified atom stereocenters. The zero-order chi connectivity index (χ0) is 20.1. The Hall–Kier alpha value is -3.67. The van der Waals surface area contributed by atoms with Gasteiger partial charge in [-0.1, -0.05) is 36.4 Å². The van der Waals surface area contributed by atoms with Gasteiger partial charge in [-0.15, -0.1) is 0 Å². The highest BCUT2D eigenvalue weighted by atomic mass is 16.6. The number of carbonyl (C=O) groups excluding carboxylic acids is 1. The van der Waals surface area contributed by atoms with E-state index in [1.54, 1.807) is 20.2 Å². The third kappa shape index (κ3) is 4.17. The average Bonchev–Trinajstić information content (AvgIpc) is 2.74. The van der Waals surface area contributed by atoms with Gasteiger partial charge in [0.1, 0.15) is 5.75 Å². The third-order valence-corrected chi connectivity index (χ3v) is 4.53. The number of nitrogens with one attached hydrogen (secondary N) is 1. The Balaban J connectivity index is 2.11. The maximum atomic E-state index is 11.9. The lowest BCUT2D eigenvalue weighted by Crippen LogP contribution is -2.20. The molecule has 0 aromatic heterocycles. The lowest BCUT2D eigenvalue weighted by atomic mass is 9.92. The van der Waals surface area contributed by atoms with E-state index in [4.69, 9.17) is 4.74 Å². The fourth-order valence-electron chi connectivity index (χ4n) is 3.01. The summed E-state index contributed by atoms with van der Waals surface area (Å²) in [5.41, 5.74) is 4.24. The minimum Gasteiger partial charge on any atom is -0.497 e. The molecule has 0 aliphatic heterocycles. The second-order valence-corrected chi connectivity index (χ2v) is 6.26. The van der Waals surface area contributed by atoms with Crippen molar-refractivity contribution >= 4 is 11.6 Å². The van der Waals surface area contributed by atoms with Crippen LogP contribution in [0.5, 0.6) is 5.75 Å². The molecule has 1 amide bonds. The number of nitrogens with zero attached hydrogens (tertiary/aromatic N) is 1. The number of rotatable bonds is 6. The third-order valence-electron chi connectivity index (χ3n) is 4.53. The van der Waals surface area contributed by atoms with Gasteiger partial charge >= 0.3 is 0 Å². The number of carbonyl (C=O) groups is 1. The number of hydrogen-bond donors (Lipinski definition) is 1. The molecule has 0 atom stereocenters. The van der Waals surface area contributed by atoms with Crippen LogP contribution in [0.4, 0.5) is 5.69 Å². The number of methoxy groups -OCH3 is 1. The molecule has 6 heteroatoms. The molecule has 6 nitrogen and oxygen atoms in total. The maximum absolute atomic E-state index is 11.9. The summed E-state index contributed by atoms with van der Waals surface area (Å²) in [5, 5.41) is 13.8. The van der Waals surface area contributed by atoms with Crippen LogP contribution in [0.2, 0.25) is 0 Å². The number of non-ortho nitro benzene ring substituents is 1. The summed E-state index contributed by atoms with van der Waals surface area (Å²) in [6.07, 6.45) is 0.192. The van der Waals surface area contributed by atoms with Crippen LogP contribution < -0.4 is 10.1 Å². The predicted molar refractivity (Wildman–Crippen MR) is 108 cm³/mol. The highest BCUT2D eigenvalue weighted by molar-refractivity contribution is 5.84. The summed E-state index contributed by atoms with van der Waals surface area (Å²) in [4.78, 5) is 22.7. The molecule has 0 saturated carbocycles. The Bertz CT molecular complexity index is 1010. The summed E-state index contributed by atoms with van der Waals surface area (Å²) in [6, 6.07) is 19.9. The molecule has 0 heterocycles. The molecule has 0 bridgehead atoms. The van der Waals surface area contributed by atoms with Crippen LogP contribution in [0.25, 0.3) is 22.3 Å². The van der Waals surface area contributed by atoms with E-state index < -0.39 is 4.92 Å². The number of hydrogen-bond acceptors (Lipinski definition) is 4. The topological polar surface area (TPSA) is 81.5 Å². The van der Waals surface area contributed by atoms with E-state index in [2.05, 4.69) is 5.32 Å². The SMILES string of the molecule is CNC(=O)Cc1ccc(-c2ccc(OC)cc2)cc1-c1cccc([N+](=O)[O-])c1. The summed E-state index contributed by atoms with van der Waals surface area (Å²) >= 11 is 0. The van der Waals surface area contributed by atoms with Crippen LogP contribution >= 0.6 is 0 Å². The van der Waals surface area contributed by atoms with Crippen molar-refractivity contribution < 1.29 is 14.5 Å². The van der Waals surface area contributed by atoms with Crippen LogP contribution in [-0.4, -0.2) is 25.0 Å².